The molecule has 122 valence electrons. The topological polar surface area (TPSA) is 45.6 Å². The monoisotopic (exact) mass is 396 g/mol. The second kappa shape index (κ2) is 7.07. The van der Waals surface area contributed by atoms with E-state index in [9.17, 15) is 5.11 Å². The molecule has 1 aromatic carbocycles. The summed E-state index contributed by atoms with van der Waals surface area (Å²) in [6, 6.07) is 9.54. The van der Waals surface area contributed by atoms with Gasteiger partial charge in [-0.1, -0.05) is 27.5 Å². The second-order valence-electron chi connectivity index (χ2n) is 5.64. The first-order chi connectivity index (χ1) is 11.0. The number of pyridine rings is 1. The Morgan fingerprint density at radius 3 is 3.00 bits per heavy atom. The lowest BCUT2D eigenvalue weighted by molar-refractivity contribution is 0.199. The van der Waals surface area contributed by atoms with Gasteiger partial charge in [0.05, 0.1) is 12.6 Å². The second-order valence-corrected chi connectivity index (χ2v) is 6.97. The molecule has 1 fully saturated rings. The quantitative estimate of drug-likeness (QED) is 0.839. The molecule has 23 heavy (non-hydrogen) atoms. The minimum absolute atomic E-state index is 0.0351. The van der Waals surface area contributed by atoms with Gasteiger partial charge < -0.3 is 14.7 Å². The van der Waals surface area contributed by atoms with Crippen LogP contribution >= 0.6 is 27.5 Å². The summed E-state index contributed by atoms with van der Waals surface area (Å²) in [6.07, 6.45) is 2.08. The Hall–Kier alpha value is -1.30. The average molecular weight is 398 g/mol. The van der Waals surface area contributed by atoms with Crippen molar-refractivity contribution in [2.24, 2.45) is 0 Å². The zero-order valence-electron chi connectivity index (χ0n) is 12.7. The first kappa shape index (κ1) is 16.6. The van der Waals surface area contributed by atoms with E-state index in [2.05, 4.69) is 25.8 Å². The third-order valence-electron chi connectivity index (χ3n) is 3.93. The van der Waals surface area contributed by atoms with E-state index in [0.29, 0.717) is 10.9 Å². The van der Waals surface area contributed by atoms with E-state index >= 15 is 0 Å². The fourth-order valence-corrected chi connectivity index (χ4v) is 3.35. The number of nitrogens with zero attached hydrogens (tertiary/aromatic N) is 2. The van der Waals surface area contributed by atoms with E-state index in [1.54, 1.807) is 25.3 Å². The lowest BCUT2D eigenvalue weighted by Gasteiger charge is -2.23. The van der Waals surface area contributed by atoms with Crippen LogP contribution in [0.3, 0.4) is 0 Å². The molecule has 0 spiro atoms. The highest BCUT2D eigenvalue weighted by atomic mass is 79.9. The van der Waals surface area contributed by atoms with Crippen LogP contribution < -0.4 is 9.64 Å². The first-order valence-corrected chi connectivity index (χ1v) is 8.71. The van der Waals surface area contributed by atoms with Crippen molar-refractivity contribution in [1.82, 2.24) is 4.98 Å². The van der Waals surface area contributed by atoms with E-state index in [1.807, 2.05) is 18.2 Å². The van der Waals surface area contributed by atoms with Gasteiger partial charge in [-0.05, 0) is 37.3 Å². The largest absolute Gasteiger partial charge is 0.471 e. The standard InChI is InChI=1S/C17H18BrClN2O2/c1-11(22)14-9-12(18)4-5-16(14)21-8-6-13(10-21)23-17-15(19)3-2-7-20-17/h2-5,7,9,11,13,22H,6,8,10H2,1H3/t11?,13-/m0/s1. The molecule has 2 heterocycles. The van der Waals surface area contributed by atoms with Crippen molar-refractivity contribution in [1.29, 1.82) is 0 Å². The molecule has 2 atom stereocenters. The molecule has 0 aliphatic carbocycles. The Labute approximate surface area is 149 Å². The maximum Gasteiger partial charge on any atom is 0.232 e. The summed E-state index contributed by atoms with van der Waals surface area (Å²) < 4.78 is 6.89. The number of benzene rings is 1. The van der Waals surface area contributed by atoms with Crippen molar-refractivity contribution in [2.75, 3.05) is 18.0 Å². The van der Waals surface area contributed by atoms with Crippen LogP contribution in [0.1, 0.15) is 25.0 Å². The van der Waals surface area contributed by atoms with Gasteiger partial charge in [-0.25, -0.2) is 4.98 Å². The van der Waals surface area contributed by atoms with Crippen molar-refractivity contribution >= 4 is 33.2 Å². The molecular formula is C17H18BrClN2O2. The SMILES string of the molecule is CC(O)c1cc(Br)ccc1N1CC[C@H](Oc2ncccc2Cl)C1. The third-order valence-corrected chi connectivity index (χ3v) is 4.71. The van der Waals surface area contributed by atoms with Gasteiger partial charge in [-0.2, -0.15) is 0 Å². The normalized spacial score (nSPS) is 19.0. The summed E-state index contributed by atoms with van der Waals surface area (Å²) in [6.45, 7) is 3.40. The van der Waals surface area contributed by atoms with E-state index in [4.69, 9.17) is 16.3 Å². The Bertz CT molecular complexity index is 696. The smallest absolute Gasteiger partial charge is 0.232 e. The summed E-state index contributed by atoms with van der Waals surface area (Å²) >= 11 is 9.56. The van der Waals surface area contributed by atoms with Gasteiger partial charge in [-0.15, -0.1) is 0 Å². The maximum absolute atomic E-state index is 10.0. The van der Waals surface area contributed by atoms with Gasteiger partial charge in [-0.3, -0.25) is 0 Å². The van der Waals surface area contributed by atoms with Crippen LogP contribution in [-0.2, 0) is 0 Å². The fraction of sp³-hybridized carbons (Fsp3) is 0.353. The average Bonchev–Trinajstić information content (AvgIpc) is 2.98. The number of rotatable bonds is 4. The predicted molar refractivity (Wildman–Crippen MR) is 95.3 cm³/mol. The molecule has 1 unspecified atom stereocenters. The summed E-state index contributed by atoms with van der Waals surface area (Å²) in [7, 11) is 0. The van der Waals surface area contributed by atoms with Crippen LogP contribution in [0.5, 0.6) is 5.88 Å². The van der Waals surface area contributed by atoms with Crippen LogP contribution in [-0.4, -0.2) is 29.3 Å². The molecule has 1 N–H and O–H groups in total. The highest BCUT2D eigenvalue weighted by Gasteiger charge is 2.27. The third kappa shape index (κ3) is 3.79. The van der Waals surface area contributed by atoms with Gasteiger partial charge in [0.2, 0.25) is 5.88 Å². The molecule has 1 aliphatic rings. The minimum atomic E-state index is -0.521. The number of halogens is 2. The molecule has 1 aliphatic heterocycles. The van der Waals surface area contributed by atoms with Crippen molar-refractivity contribution in [3.8, 4) is 5.88 Å². The Kier molecular flexibility index (Phi) is 5.09. The minimum Gasteiger partial charge on any atom is -0.471 e. The predicted octanol–water partition coefficient (Wildman–Crippen LogP) is 4.21. The van der Waals surface area contributed by atoms with Gasteiger partial charge in [0, 0.05) is 34.9 Å². The summed E-state index contributed by atoms with van der Waals surface area (Å²) in [5.74, 6) is 0.479. The van der Waals surface area contributed by atoms with E-state index in [1.165, 1.54) is 0 Å². The Morgan fingerprint density at radius 1 is 1.43 bits per heavy atom. The number of aliphatic hydroxyl groups excluding tert-OH is 1. The number of hydrogen-bond acceptors (Lipinski definition) is 4. The molecular weight excluding hydrogens is 380 g/mol. The molecule has 2 aromatic rings. The van der Waals surface area contributed by atoms with E-state index in [-0.39, 0.29) is 6.10 Å². The molecule has 0 radical (unpaired) electrons. The van der Waals surface area contributed by atoms with Crippen LogP contribution in [0.15, 0.2) is 41.0 Å². The highest BCUT2D eigenvalue weighted by molar-refractivity contribution is 9.10. The number of hydrogen-bond donors (Lipinski definition) is 1. The van der Waals surface area contributed by atoms with Crippen LogP contribution in [0.25, 0.3) is 0 Å². The molecule has 1 aromatic heterocycles. The molecule has 0 amide bonds. The summed E-state index contributed by atoms with van der Waals surface area (Å²) in [5, 5.41) is 10.5. The molecule has 6 heteroatoms. The lowest BCUT2D eigenvalue weighted by Crippen LogP contribution is -2.26. The van der Waals surface area contributed by atoms with Gasteiger partial charge in [0.1, 0.15) is 11.1 Å². The summed E-state index contributed by atoms with van der Waals surface area (Å²) in [4.78, 5) is 6.41. The zero-order valence-corrected chi connectivity index (χ0v) is 15.1. The van der Waals surface area contributed by atoms with E-state index in [0.717, 1.165) is 35.2 Å². The van der Waals surface area contributed by atoms with Crippen molar-refractivity contribution in [3.05, 3.63) is 51.6 Å². The van der Waals surface area contributed by atoms with Crippen LogP contribution in [0, 0.1) is 0 Å². The van der Waals surface area contributed by atoms with Crippen molar-refractivity contribution in [2.45, 2.75) is 25.6 Å². The molecule has 4 nitrogen and oxygen atoms in total. The van der Waals surface area contributed by atoms with Crippen molar-refractivity contribution < 1.29 is 9.84 Å². The zero-order chi connectivity index (χ0) is 16.4. The number of aromatic nitrogens is 1. The fourth-order valence-electron chi connectivity index (χ4n) is 2.81. The van der Waals surface area contributed by atoms with Crippen LogP contribution in [0.4, 0.5) is 5.69 Å². The maximum atomic E-state index is 10.0. The Morgan fingerprint density at radius 2 is 2.26 bits per heavy atom. The number of aliphatic hydroxyl groups is 1. The first-order valence-electron chi connectivity index (χ1n) is 7.54. The highest BCUT2D eigenvalue weighted by Crippen LogP contribution is 2.33. The summed E-state index contributed by atoms with van der Waals surface area (Å²) in [5.41, 5.74) is 1.96. The van der Waals surface area contributed by atoms with E-state index < -0.39 is 6.10 Å². The molecule has 0 saturated carbocycles. The lowest BCUT2D eigenvalue weighted by atomic mass is 10.1. The molecule has 0 bridgehead atoms. The number of anilines is 1. The number of ether oxygens (including phenoxy) is 1. The molecule has 3 rings (SSSR count). The van der Waals surface area contributed by atoms with Gasteiger partial charge in [0.15, 0.2) is 0 Å². The van der Waals surface area contributed by atoms with Crippen molar-refractivity contribution in [3.63, 3.8) is 0 Å². The van der Waals surface area contributed by atoms with Gasteiger partial charge >= 0.3 is 0 Å². The van der Waals surface area contributed by atoms with Gasteiger partial charge in [0.25, 0.3) is 0 Å². The molecule has 1 saturated heterocycles. The Balaban J connectivity index is 1.74. The van der Waals surface area contributed by atoms with Crippen LogP contribution in [0.2, 0.25) is 5.02 Å².